The zero-order chi connectivity index (χ0) is 12.9. The highest BCUT2D eigenvalue weighted by Crippen LogP contribution is 2.25. The monoisotopic (exact) mass is 244 g/mol. The Morgan fingerprint density at radius 2 is 2.24 bits per heavy atom. The second-order valence-corrected chi connectivity index (χ2v) is 4.72. The lowest BCUT2D eigenvalue weighted by molar-refractivity contribution is -0.144. The number of carbonyl (C=O) groups excluding carboxylic acids is 1. The number of nitrogens with one attached hydrogen (secondary N) is 2. The molecule has 0 bridgehead atoms. The highest BCUT2D eigenvalue weighted by atomic mass is 16.4. The molecule has 4 N–H and O–H groups in total. The van der Waals surface area contributed by atoms with Gasteiger partial charge in [-0.15, -0.1) is 0 Å². The summed E-state index contributed by atoms with van der Waals surface area (Å²) in [7, 11) is 0. The van der Waals surface area contributed by atoms with Crippen LogP contribution in [0.5, 0.6) is 0 Å². The SMILES string of the molecule is CC1(C(=O)NC(CCO)C(=O)O)CCCNC1. The maximum atomic E-state index is 12.0. The van der Waals surface area contributed by atoms with Gasteiger partial charge in [-0.3, -0.25) is 4.79 Å². The van der Waals surface area contributed by atoms with Crippen LogP contribution in [-0.4, -0.2) is 47.8 Å². The van der Waals surface area contributed by atoms with Crippen molar-refractivity contribution >= 4 is 11.9 Å². The van der Waals surface area contributed by atoms with E-state index in [-0.39, 0.29) is 18.9 Å². The number of hydrogen-bond donors (Lipinski definition) is 4. The van der Waals surface area contributed by atoms with Crippen molar-refractivity contribution in [2.24, 2.45) is 5.41 Å². The number of aliphatic hydroxyl groups excluding tert-OH is 1. The summed E-state index contributed by atoms with van der Waals surface area (Å²) in [5.41, 5.74) is -0.554. The van der Waals surface area contributed by atoms with Gasteiger partial charge in [-0.1, -0.05) is 0 Å². The second-order valence-electron chi connectivity index (χ2n) is 4.72. The quantitative estimate of drug-likeness (QED) is 0.514. The number of amides is 1. The van der Waals surface area contributed by atoms with Crippen molar-refractivity contribution < 1.29 is 19.8 Å². The summed E-state index contributed by atoms with van der Waals surface area (Å²) in [4.78, 5) is 22.9. The van der Waals surface area contributed by atoms with Crippen molar-refractivity contribution in [2.75, 3.05) is 19.7 Å². The minimum Gasteiger partial charge on any atom is -0.480 e. The standard InChI is InChI=1S/C11H20N2O4/c1-11(4-2-5-12-7-11)10(17)13-8(3-6-14)9(15)16/h8,12,14H,2-7H2,1H3,(H,13,17)(H,15,16). The van der Waals surface area contributed by atoms with Crippen LogP contribution in [0, 0.1) is 5.41 Å². The Hall–Kier alpha value is -1.14. The lowest BCUT2D eigenvalue weighted by Gasteiger charge is -2.33. The number of carboxylic acids is 1. The molecule has 2 unspecified atom stereocenters. The average Bonchev–Trinajstić information content (AvgIpc) is 2.29. The van der Waals surface area contributed by atoms with E-state index in [1.165, 1.54) is 0 Å². The van der Waals surface area contributed by atoms with E-state index in [0.29, 0.717) is 6.54 Å². The molecule has 1 amide bonds. The van der Waals surface area contributed by atoms with Crippen LogP contribution in [0.15, 0.2) is 0 Å². The van der Waals surface area contributed by atoms with E-state index in [1.807, 2.05) is 6.92 Å². The molecule has 6 nitrogen and oxygen atoms in total. The molecule has 0 aromatic heterocycles. The molecule has 0 aromatic carbocycles. The normalized spacial score (nSPS) is 26.2. The van der Waals surface area contributed by atoms with Crippen molar-refractivity contribution in [1.29, 1.82) is 0 Å². The molecule has 1 aliphatic rings. The number of hydrogen-bond acceptors (Lipinski definition) is 4. The van der Waals surface area contributed by atoms with Crippen molar-refractivity contribution in [3.8, 4) is 0 Å². The zero-order valence-electron chi connectivity index (χ0n) is 10.0. The van der Waals surface area contributed by atoms with Gasteiger partial charge >= 0.3 is 5.97 Å². The van der Waals surface area contributed by atoms with E-state index in [1.54, 1.807) is 0 Å². The van der Waals surface area contributed by atoms with Gasteiger partial charge in [0.2, 0.25) is 5.91 Å². The first kappa shape index (κ1) is 13.9. The third-order valence-corrected chi connectivity index (χ3v) is 3.17. The van der Waals surface area contributed by atoms with Gasteiger partial charge in [0.05, 0.1) is 5.41 Å². The van der Waals surface area contributed by atoms with Gasteiger partial charge < -0.3 is 20.8 Å². The molecular weight excluding hydrogens is 224 g/mol. The summed E-state index contributed by atoms with van der Waals surface area (Å²) in [6.07, 6.45) is 1.68. The highest BCUT2D eigenvalue weighted by molar-refractivity contribution is 5.87. The minimum absolute atomic E-state index is 0.0323. The number of aliphatic carboxylic acids is 1. The summed E-state index contributed by atoms with van der Waals surface area (Å²) in [5, 5.41) is 23.3. The largest absolute Gasteiger partial charge is 0.480 e. The van der Waals surface area contributed by atoms with Crippen molar-refractivity contribution in [1.82, 2.24) is 10.6 Å². The molecule has 0 saturated carbocycles. The molecule has 0 spiro atoms. The second kappa shape index (κ2) is 5.97. The van der Waals surface area contributed by atoms with Gasteiger partial charge in [-0.05, 0) is 26.3 Å². The lowest BCUT2D eigenvalue weighted by atomic mass is 9.81. The topological polar surface area (TPSA) is 98.7 Å². The Morgan fingerprint density at radius 3 is 2.71 bits per heavy atom. The smallest absolute Gasteiger partial charge is 0.326 e. The van der Waals surface area contributed by atoms with E-state index >= 15 is 0 Å². The van der Waals surface area contributed by atoms with Crippen LogP contribution in [-0.2, 0) is 9.59 Å². The summed E-state index contributed by atoms with van der Waals surface area (Å²) >= 11 is 0. The van der Waals surface area contributed by atoms with Crippen LogP contribution in [0.1, 0.15) is 26.2 Å². The molecule has 6 heteroatoms. The fourth-order valence-electron chi connectivity index (χ4n) is 1.97. The van der Waals surface area contributed by atoms with Crippen molar-refractivity contribution in [3.63, 3.8) is 0 Å². The van der Waals surface area contributed by atoms with Crippen LogP contribution in [0.4, 0.5) is 0 Å². The fraction of sp³-hybridized carbons (Fsp3) is 0.818. The highest BCUT2D eigenvalue weighted by Gasteiger charge is 2.36. The molecule has 0 aromatic rings. The van der Waals surface area contributed by atoms with Gasteiger partial charge in [-0.25, -0.2) is 4.79 Å². The number of carbonyl (C=O) groups is 2. The number of rotatable bonds is 5. The molecule has 0 aliphatic carbocycles. The van der Waals surface area contributed by atoms with Crippen LogP contribution in [0.25, 0.3) is 0 Å². The van der Waals surface area contributed by atoms with E-state index < -0.39 is 17.4 Å². The Bertz CT molecular complexity index is 287. The summed E-state index contributed by atoms with van der Waals surface area (Å²) < 4.78 is 0. The van der Waals surface area contributed by atoms with Gasteiger partial charge in [0, 0.05) is 19.6 Å². The van der Waals surface area contributed by atoms with Crippen molar-refractivity contribution in [2.45, 2.75) is 32.2 Å². The van der Waals surface area contributed by atoms with Gasteiger partial charge in [0.1, 0.15) is 6.04 Å². The lowest BCUT2D eigenvalue weighted by Crippen LogP contribution is -2.53. The third kappa shape index (κ3) is 3.67. The molecule has 2 atom stereocenters. The minimum atomic E-state index is -1.11. The van der Waals surface area contributed by atoms with E-state index in [2.05, 4.69) is 10.6 Å². The van der Waals surface area contributed by atoms with Crippen LogP contribution in [0.2, 0.25) is 0 Å². The number of piperidine rings is 1. The van der Waals surface area contributed by atoms with Crippen LogP contribution < -0.4 is 10.6 Å². The Balaban J connectivity index is 2.59. The first-order chi connectivity index (χ1) is 7.99. The van der Waals surface area contributed by atoms with Crippen LogP contribution in [0.3, 0.4) is 0 Å². The molecule has 1 fully saturated rings. The van der Waals surface area contributed by atoms with Crippen LogP contribution >= 0.6 is 0 Å². The summed E-state index contributed by atoms with van der Waals surface area (Å²) in [5.74, 6) is -1.37. The Morgan fingerprint density at radius 1 is 1.53 bits per heavy atom. The molecule has 1 saturated heterocycles. The van der Waals surface area contributed by atoms with Gasteiger partial charge in [-0.2, -0.15) is 0 Å². The molecule has 1 heterocycles. The predicted octanol–water partition coefficient (Wildman–Crippen LogP) is -0.672. The summed E-state index contributed by atoms with van der Waals surface area (Å²) in [6, 6.07) is -1.01. The van der Waals surface area contributed by atoms with E-state index in [0.717, 1.165) is 19.4 Å². The van der Waals surface area contributed by atoms with Gasteiger partial charge in [0.15, 0.2) is 0 Å². The maximum Gasteiger partial charge on any atom is 0.326 e. The Kier molecular flexibility index (Phi) is 4.89. The average molecular weight is 244 g/mol. The predicted molar refractivity (Wildman–Crippen MR) is 61.5 cm³/mol. The first-order valence-corrected chi connectivity index (χ1v) is 5.85. The van der Waals surface area contributed by atoms with E-state index in [9.17, 15) is 9.59 Å². The number of carboxylic acid groups (broad SMARTS) is 1. The molecule has 1 rings (SSSR count). The summed E-state index contributed by atoms with van der Waals surface area (Å²) in [6.45, 7) is 3.02. The maximum absolute atomic E-state index is 12.0. The Labute approximate surface area is 100 Å². The van der Waals surface area contributed by atoms with Gasteiger partial charge in [0.25, 0.3) is 0 Å². The van der Waals surface area contributed by atoms with E-state index in [4.69, 9.17) is 10.2 Å². The molecule has 17 heavy (non-hydrogen) atoms. The number of aliphatic hydroxyl groups is 1. The first-order valence-electron chi connectivity index (χ1n) is 5.85. The molecule has 1 aliphatic heterocycles. The molecule has 0 radical (unpaired) electrons. The third-order valence-electron chi connectivity index (χ3n) is 3.17. The van der Waals surface area contributed by atoms with Crippen molar-refractivity contribution in [3.05, 3.63) is 0 Å². The molecular formula is C11H20N2O4. The zero-order valence-corrected chi connectivity index (χ0v) is 10.0. The molecule has 98 valence electrons. The fourth-order valence-corrected chi connectivity index (χ4v) is 1.97.